The Morgan fingerprint density at radius 2 is 2.05 bits per heavy atom. The van der Waals surface area contributed by atoms with Crippen LogP contribution in [0.2, 0.25) is 0 Å². The number of nitrogens with zero attached hydrogens (tertiary/aromatic N) is 1. The predicted octanol–water partition coefficient (Wildman–Crippen LogP) is 2.68. The minimum absolute atomic E-state index is 0.613. The Labute approximate surface area is 112 Å². The Bertz CT molecular complexity index is 721. The quantitative estimate of drug-likeness (QED) is 0.672. The predicted molar refractivity (Wildman–Crippen MR) is 78.1 cm³/mol. The van der Waals surface area contributed by atoms with E-state index in [1.54, 1.807) is 0 Å². The summed E-state index contributed by atoms with van der Waals surface area (Å²) >= 11 is 0. The molecular formula is C15H18N4. The fourth-order valence-corrected chi connectivity index (χ4v) is 2.40. The Morgan fingerprint density at radius 3 is 2.84 bits per heavy atom. The van der Waals surface area contributed by atoms with Crippen molar-refractivity contribution >= 4 is 10.9 Å². The van der Waals surface area contributed by atoms with E-state index in [1.807, 2.05) is 6.20 Å². The Balaban J connectivity index is 2.06. The second-order valence-electron chi connectivity index (χ2n) is 4.92. The molecule has 2 aromatic heterocycles. The number of aromatic amines is 2. The topological polar surface area (TPSA) is 70.5 Å². The average molecular weight is 254 g/mol. The van der Waals surface area contributed by atoms with E-state index in [1.165, 1.54) is 22.2 Å². The Morgan fingerprint density at radius 1 is 1.21 bits per heavy atom. The van der Waals surface area contributed by atoms with Crippen molar-refractivity contribution in [1.82, 2.24) is 15.0 Å². The molecule has 0 aliphatic heterocycles. The summed E-state index contributed by atoms with van der Waals surface area (Å²) in [5.74, 6) is 0.944. The van der Waals surface area contributed by atoms with E-state index >= 15 is 0 Å². The van der Waals surface area contributed by atoms with Gasteiger partial charge < -0.3 is 15.7 Å². The van der Waals surface area contributed by atoms with Crippen molar-refractivity contribution in [2.45, 2.75) is 20.3 Å². The van der Waals surface area contributed by atoms with E-state index < -0.39 is 0 Å². The van der Waals surface area contributed by atoms with Crippen LogP contribution in [-0.4, -0.2) is 21.5 Å². The van der Waals surface area contributed by atoms with Crippen molar-refractivity contribution in [2.24, 2.45) is 5.73 Å². The van der Waals surface area contributed by atoms with Gasteiger partial charge in [0, 0.05) is 28.6 Å². The fourth-order valence-electron chi connectivity index (χ4n) is 2.40. The molecule has 0 saturated heterocycles. The first-order valence-electron chi connectivity index (χ1n) is 6.52. The molecule has 19 heavy (non-hydrogen) atoms. The van der Waals surface area contributed by atoms with E-state index in [0.29, 0.717) is 6.54 Å². The van der Waals surface area contributed by atoms with E-state index in [9.17, 15) is 0 Å². The summed E-state index contributed by atoms with van der Waals surface area (Å²) in [6.45, 7) is 4.86. The van der Waals surface area contributed by atoms with Gasteiger partial charge in [-0.15, -0.1) is 0 Å². The minimum atomic E-state index is 0.613. The van der Waals surface area contributed by atoms with Crippen molar-refractivity contribution < 1.29 is 0 Å². The lowest BCUT2D eigenvalue weighted by Crippen LogP contribution is -2.03. The molecule has 0 amide bonds. The van der Waals surface area contributed by atoms with Crippen LogP contribution in [0.5, 0.6) is 0 Å². The van der Waals surface area contributed by atoms with Gasteiger partial charge in [0.1, 0.15) is 5.82 Å². The van der Waals surface area contributed by atoms with E-state index in [4.69, 9.17) is 5.73 Å². The molecular weight excluding hydrogens is 236 g/mol. The molecule has 4 N–H and O–H groups in total. The molecule has 0 saturated carbocycles. The third-order valence-corrected chi connectivity index (χ3v) is 3.63. The highest BCUT2D eigenvalue weighted by atomic mass is 14.9. The first-order valence-corrected chi connectivity index (χ1v) is 6.52. The first kappa shape index (κ1) is 12.0. The minimum Gasteiger partial charge on any atom is -0.358 e. The van der Waals surface area contributed by atoms with Gasteiger partial charge in [-0.2, -0.15) is 0 Å². The summed E-state index contributed by atoms with van der Waals surface area (Å²) in [7, 11) is 0. The van der Waals surface area contributed by atoms with Crippen molar-refractivity contribution in [3.63, 3.8) is 0 Å². The molecule has 3 rings (SSSR count). The number of imidazole rings is 1. The zero-order valence-corrected chi connectivity index (χ0v) is 11.2. The summed E-state index contributed by atoms with van der Waals surface area (Å²) in [4.78, 5) is 11.1. The number of fused-ring (bicyclic) bond motifs is 1. The number of hydrogen-bond acceptors (Lipinski definition) is 2. The average Bonchev–Trinajstić information content (AvgIpc) is 2.97. The van der Waals surface area contributed by atoms with Crippen LogP contribution in [0.15, 0.2) is 24.4 Å². The van der Waals surface area contributed by atoms with Crippen LogP contribution in [0.25, 0.3) is 22.2 Å². The summed E-state index contributed by atoms with van der Waals surface area (Å²) in [6, 6.07) is 6.43. The molecule has 0 unspecified atom stereocenters. The van der Waals surface area contributed by atoms with E-state index in [-0.39, 0.29) is 0 Å². The van der Waals surface area contributed by atoms with Gasteiger partial charge in [-0.25, -0.2) is 4.98 Å². The zero-order chi connectivity index (χ0) is 13.4. The van der Waals surface area contributed by atoms with Gasteiger partial charge in [0.25, 0.3) is 0 Å². The molecule has 3 aromatic rings. The SMILES string of the molecule is Cc1[nH]c2ccc(-c3cnc(CCN)[nH]3)cc2c1C. The zero-order valence-electron chi connectivity index (χ0n) is 11.2. The first-order chi connectivity index (χ1) is 9.19. The van der Waals surface area contributed by atoms with Gasteiger partial charge in [-0.1, -0.05) is 6.07 Å². The number of aromatic nitrogens is 3. The third kappa shape index (κ3) is 2.04. The number of benzene rings is 1. The molecule has 0 aliphatic carbocycles. The molecule has 98 valence electrons. The van der Waals surface area contributed by atoms with Crippen molar-refractivity contribution in [3.05, 3.63) is 41.5 Å². The molecule has 0 bridgehead atoms. The number of aryl methyl sites for hydroxylation is 2. The van der Waals surface area contributed by atoms with Gasteiger partial charge in [0.05, 0.1) is 11.9 Å². The molecule has 1 aromatic carbocycles. The summed E-state index contributed by atoms with van der Waals surface area (Å²) in [5, 5.41) is 1.27. The lowest BCUT2D eigenvalue weighted by Gasteiger charge is -1.99. The lowest BCUT2D eigenvalue weighted by atomic mass is 10.1. The van der Waals surface area contributed by atoms with Crippen LogP contribution in [0, 0.1) is 13.8 Å². The van der Waals surface area contributed by atoms with Crippen LogP contribution in [0.4, 0.5) is 0 Å². The van der Waals surface area contributed by atoms with Gasteiger partial charge in [0.2, 0.25) is 0 Å². The number of hydrogen-bond donors (Lipinski definition) is 3. The number of H-pyrrole nitrogens is 2. The van der Waals surface area contributed by atoms with Crippen LogP contribution >= 0.6 is 0 Å². The lowest BCUT2D eigenvalue weighted by molar-refractivity contribution is 0.895. The van der Waals surface area contributed by atoms with Gasteiger partial charge in [-0.05, 0) is 38.1 Å². The maximum absolute atomic E-state index is 5.54. The summed E-state index contributed by atoms with van der Waals surface area (Å²) in [6.07, 6.45) is 2.66. The van der Waals surface area contributed by atoms with Crippen LogP contribution in [-0.2, 0) is 6.42 Å². The summed E-state index contributed by atoms with van der Waals surface area (Å²) < 4.78 is 0. The van der Waals surface area contributed by atoms with Crippen LogP contribution in [0.1, 0.15) is 17.1 Å². The number of nitrogens with two attached hydrogens (primary N) is 1. The molecule has 0 atom stereocenters. The molecule has 0 fully saturated rings. The Hall–Kier alpha value is -2.07. The highest BCUT2D eigenvalue weighted by Gasteiger charge is 2.07. The standard InChI is InChI=1S/C15H18N4/c1-9-10(2)18-13-4-3-11(7-12(9)13)14-8-17-15(19-14)5-6-16/h3-4,7-8,18H,5-6,16H2,1-2H3,(H,17,19). The fraction of sp³-hybridized carbons (Fsp3) is 0.267. The summed E-state index contributed by atoms with van der Waals surface area (Å²) in [5.41, 5.74) is 11.5. The van der Waals surface area contributed by atoms with Crippen molar-refractivity contribution in [3.8, 4) is 11.3 Å². The van der Waals surface area contributed by atoms with Gasteiger partial charge in [-0.3, -0.25) is 0 Å². The molecule has 0 aliphatic rings. The second-order valence-corrected chi connectivity index (χ2v) is 4.92. The monoisotopic (exact) mass is 254 g/mol. The normalized spacial score (nSPS) is 11.3. The number of nitrogens with one attached hydrogen (secondary N) is 2. The molecule has 0 radical (unpaired) electrons. The maximum Gasteiger partial charge on any atom is 0.107 e. The van der Waals surface area contributed by atoms with E-state index in [0.717, 1.165) is 23.5 Å². The molecule has 0 spiro atoms. The molecule has 4 nitrogen and oxygen atoms in total. The van der Waals surface area contributed by atoms with Crippen LogP contribution < -0.4 is 5.73 Å². The van der Waals surface area contributed by atoms with Gasteiger partial charge in [0.15, 0.2) is 0 Å². The number of rotatable bonds is 3. The van der Waals surface area contributed by atoms with E-state index in [2.05, 4.69) is 47.0 Å². The molecule has 2 heterocycles. The highest BCUT2D eigenvalue weighted by Crippen LogP contribution is 2.26. The second kappa shape index (κ2) is 4.55. The van der Waals surface area contributed by atoms with Crippen LogP contribution in [0.3, 0.4) is 0 Å². The van der Waals surface area contributed by atoms with Gasteiger partial charge >= 0.3 is 0 Å². The smallest absolute Gasteiger partial charge is 0.107 e. The highest BCUT2D eigenvalue weighted by molar-refractivity contribution is 5.88. The maximum atomic E-state index is 5.54. The van der Waals surface area contributed by atoms with Crippen molar-refractivity contribution in [1.29, 1.82) is 0 Å². The van der Waals surface area contributed by atoms with Crippen molar-refractivity contribution in [2.75, 3.05) is 6.54 Å². The molecule has 4 heteroatoms. The largest absolute Gasteiger partial charge is 0.358 e. The Kier molecular flexibility index (Phi) is 2.87. The third-order valence-electron chi connectivity index (χ3n) is 3.63.